The standard InChI is InChI=1S/C20H36N6/c1-17(2,3)15-24-22-14-25(15)20(9,10)12-11-19(7,8)16-21-13-23-26(16)18(4,5)6/h13-14H,11-12H2,1-10H3. The van der Waals surface area contributed by atoms with Gasteiger partial charge in [-0.3, -0.25) is 0 Å². The third-order valence-corrected chi connectivity index (χ3v) is 5.02. The van der Waals surface area contributed by atoms with E-state index in [9.17, 15) is 0 Å². The molecule has 6 heteroatoms. The van der Waals surface area contributed by atoms with Crippen molar-refractivity contribution in [2.75, 3.05) is 0 Å². The molecule has 0 aliphatic rings. The average Bonchev–Trinajstić information content (AvgIpc) is 3.13. The van der Waals surface area contributed by atoms with Gasteiger partial charge in [-0.25, -0.2) is 9.67 Å². The van der Waals surface area contributed by atoms with Gasteiger partial charge in [0.15, 0.2) is 0 Å². The highest BCUT2D eigenvalue weighted by Crippen LogP contribution is 2.35. The van der Waals surface area contributed by atoms with Crippen molar-refractivity contribution in [3.8, 4) is 0 Å². The van der Waals surface area contributed by atoms with Crippen molar-refractivity contribution < 1.29 is 0 Å². The number of hydrogen-bond donors (Lipinski definition) is 0. The van der Waals surface area contributed by atoms with Gasteiger partial charge in [-0.1, -0.05) is 34.6 Å². The monoisotopic (exact) mass is 360 g/mol. The van der Waals surface area contributed by atoms with Crippen molar-refractivity contribution in [3.05, 3.63) is 24.3 Å². The summed E-state index contributed by atoms with van der Waals surface area (Å²) in [4.78, 5) is 4.59. The molecule has 0 N–H and O–H groups in total. The first-order valence-corrected chi connectivity index (χ1v) is 9.48. The molecule has 2 aromatic rings. The first-order valence-electron chi connectivity index (χ1n) is 9.48. The summed E-state index contributed by atoms with van der Waals surface area (Å²) < 4.78 is 4.29. The van der Waals surface area contributed by atoms with Crippen LogP contribution >= 0.6 is 0 Å². The molecule has 0 amide bonds. The summed E-state index contributed by atoms with van der Waals surface area (Å²) >= 11 is 0. The molecule has 0 aliphatic carbocycles. The van der Waals surface area contributed by atoms with Gasteiger partial charge < -0.3 is 4.57 Å². The SMILES string of the molecule is CC(C)(C)c1nncn1C(C)(C)CCC(C)(C)c1ncnn1C(C)(C)C. The summed E-state index contributed by atoms with van der Waals surface area (Å²) in [6.07, 6.45) is 5.53. The normalized spacial score (nSPS) is 14.1. The second kappa shape index (κ2) is 6.46. The second-order valence-corrected chi connectivity index (χ2v) is 10.6. The minimum absolute atomic E-state index is 0.0320. The molecule has 6 nitrogen and oxygen atoms in total. The van der Waals surface area contributed by atoms with Crippen LogP contribution in [-0.4, -0.2) is 29.5 Å². The summed E-state index contributed by atoms with van der Waals surface area (Å²) in [5.41, 5.74) is -0.255. The Balaban J connectivity index is 2.25. The third kappa shape index (κ3) is 4.15. The van der Waals surface area contributed by atoms with Crippen LogP contribution in [0.4, 0.5) is 0 Å². The molecule has 2 aromatic heterocycles. The third-order valence-electron chi connectivity index (χ3n) is 5.02. The summed E-state index contributed by atoms with van der Waals surface area (Å²) in [5.74, 6) is 2.07. The van der Waals surface area contributed by atoms with Crippen LogP contribution in [0.2, 0.25) is 0 Å². The van der Waals surface area contributed by atoms with Crippen molar-refractivity contribution in [3.63, 3.8) is 0 Å². The van der Waals surface area contributed by atoms with E-state index in [0.717, 1.165) is 24.5 Å². The molecule has 0 saturated heterocycles. The van der Waals surface area contributed by atoms with Crippen LogP contribution in [0.5, 0.6) is 0 Å². The highest BCUT2D eigenvalue weighted by Gasteiger charge is 2.35. The quantitative estimate of drug-likeness (QED) is 0.792. The number of aromatic nitrogens is 6. The lowest BCUT2D eigenvalue weighted by atomic mass is 9.81. The van der Waals surface area contributed by atoms with Gasteiger partial charge in [0.1, 0.15) is 24.3 Å². The van der Waals surface area contributed by atoms with Crippen molar-refractivity contribution >= 4 is 0 Å². The maximum Gasteiger partial charge on any atom is 0.138 e. The fourth-order valence-electron chi connectivity index (χ4n) is 3.23. The zero-order chi connectivity index (χ0) is 20.0. The fraction of sp³-hybridized carbons (Fsp3) is 0.800. The maximum atomic E-state index is 4.59. The molecule has 0 atom stereocenters. The molecule has 146 valence electrons. The van der Waals surface area contributed by atoms with Gasteiger partial charge in [0.2, 0.25) is 0 Å². The molecule has 0 bridgehead atoms. The first-order chi connectivity index (χ1) is 11.7. The van der Waals surface area contributed by atoms with Gasteiger partial charge >= 0.3 is 0 Å². The summed E-state index contributed by atoms with van der Waals surface area (Å²) in [6.45, 7) is 22.1. The topological polar surface area (TPSA) is 61.4 Å². The smallest absolute Gasteiger partial charge is 0.138 e. The molecule has 26 heavy (non-hydrogen) atoms. The van der Waals surface area contributed by atoms with Crippen LogP contribution in [0.3, 0.4) is 0 Å². The molecule has 0 unspecified atom stereocenters. The summed E-state index contributed by atoms with van der Waals surface area (Å²) in [7, 11) is 0. The highest BCUT2D eigenvalue weighted by molar-refractivity contribution is 5.08. The molecule has 2 rings (SSSR count). The van der Waals surface area contributed by atoms with Gasteiger partial charge in [-0.15, -0.1) is 10.2 Å². The van der Waals surface area contributed by atoms with Crippen LogP contribution in [-0.2, 0) is 21.9 Å². The van der Waals surface area contributed by atoms with Gasteiger partial charge in [0, 0.05) is 16.4 Å². The van der Waals surface area contributed by atoms with Gasteiger partial charge in [-0.05, 0) is 47.5 Å². The van der Waals surface area contributed by atoms with Crippen LogP contribution in [0.15, 0.2) is 12.7 Å². The minimum Gasteiger partial charge on any atom is -0.311 e. The summed E-state index contributed by atoms with van der Waals surface area (Å²) in [6, 6.07) is 0. The molecule has 0 fully saturated rings. The maximum absolute atomic E-state index is 4.59. The van der Waals surface area contributed by atoms with Crippen LogP contribution in [0, 0.1) is 0 Å². The molecular weight excluding hydrogens is 324 g/mol. The largest absolute Gasteiger partial charge is 0.311 e. The zero-order valence-electron chi connectivity index (χ0n) is 18.3. The fourth-order valence-corrected chi connectivity index (χ4v) is 3.23. The molecule has 0 radical (unpaired) electrons. The van der Waals surface area contributed by atoms with Crippen molar-refractivity contribution in [2.24, 2.45) is 0 Å². The van der Waals surface area contributed by atoms with Gasteiger partial charge in [-0.2, -0.15) is 5.10 Å². The molecule has 0 aromatic carbocycles. The Morgan fingerprint density at radius 3 is 2.00 bits per heavy atom. The van der Waals surface area contributed by atoms with E-state index >= 15 is 0 Å². The Morgan fingerprint density at radius 1 is 0.846 bits per heavy atom. The lowest BCUT2D eigenvalue weighted by Crippen LogP contribution is -2.36. The Kier molecular flexibility index (Phi) is 5.12. The minimum atomic E-state index is -0.0771. The van der Waals surface area contributed by atoms with E-state index in [1.165, 1.54) is 0 Å². The number of nitrogens with zero attached hydrogens (tertiary/aromatic N) is 6. The lowest BCUT2D eigenvalue weighted by molar-refractivity contribution is 0.248. The van der Waals surface area contributed by atoms with Crippen LogP contribution < -0.4 is 0 Å². The molecule has 0 aliphatic heterocycles. The molecule has 0 spiro atoms. The predicted octanol–water partition coefficient (Wildman–Crippen LogP) is 4.42. The van der Waals surface area contributed by atoms with Crippen molar-refractivity contribution in [1.82, 2.24) is 29.5 Å². The average molecular weight is 361 g/mol. The van der Waals surface area contributed by atoms with Crippen molar-refractivity contribution in [2.45, 2.75) is 104 Å². The van der Waals surface area contributed by atoms with E-state index in [1.54, 1.807) is 6.33 Å². The van der Waals surface area contributed by atoms with Gasteiger partial charge in [0.05, 0.1) is 5.54 Å². The van der Waals surface area contributed by atoms with E-state index < -0.39 is 0 Å². The highest BCUT2D eigenvalue weighted by atomic mass is 15.4. The number of rotatable bonds is 5. The van der Waals surface area contributed by atoms with E-state index in [-0.39, 0.29) is 21.9 Å². The first kappa shape index (κ1) is 20.6. The van der Waals surface area contributed by atoms with Crippen molar-refractivity contribution in [1.29, 1.82) is 0 Å². The van der Waals surface area contributed by atoms with E-state index in [2.05, 4.69) is 98.8 Å². The Labute approximate surface area is 158 Å². The summed E-state index contributed by atoms with van der Waals surface area (Å²) in [5, 5.41) is 13.0. The molecular formula is C20H36N6. The van der Waals surface area contributed by atoms with E-state index in [4.69, 9.17) is 0 Å². The van der Waals surface area contributed by atoms with Crippen LogP contribution in [0.25, 0.3) is 0 Å². The molecule has 2 heterocycles. The second-order valence-electron chi connectivity index (χ2n) is 10.6. The Hall–Kier alpha value is -1.72. The van der Waals surface area contributed by atoms with E-state index in [1.807, 2.05) is 6.33 Å². The van der Waals surface area contributed by atoms with E-state index in [0.29, 0.717) is 0 Å². The van der Waals surface area contributed by atoms with Crippen LogP contribution in [0.1, 0.15) is 93.7 Å². The predicted molar refractivity (Wildman–Crippen MR) is 105 cm³/mol. The number of hydrogen-bond acceptors (Lipinski definition) is 4. The zero-order valence-corrected chi connectivity index (χ0v) is 18.3. The Bertz CT molecular complexity index is 673. The van der Waals surface area contributed by atoms with Gasteiger partial charge in [0.25, 0.3) is 0 Å². The molecule has 0 saturated carbocycles. The Morgan fingerprint density at radius 2 is 1.46 bits per heavy atom. The lowest BCUT2D eigenvalue weighted by Gasteiger charge is -2.35.